The number of hydrogen-bond acceptors (Lipinski definition) is 4. The van der Waals surface area contributed by atoms with Crippen molar-refractivity contribution in [3.05, 3.63) is 34.1 Å². The van der Waals surface area contributed by atoms with E-state index < -0.39 is 16.4 Å². The van der Waals surface area contributed by atoms with E-state index >= 15 is 0 Å². The molecule has 5 nitrogen and oxygen atoms in total. The second-order valence-electron chi connectivity index (χ2n) is 5.10. The van der Waals surface area contributed by atoms with Gasteiger partial charge in [-0.25, -0.2) is 0 Å². The standard InChI is InChI=1S/C14H17FN2O3S/c1-9(21-11-4-2-3-5-11)14(18)16-10-6-7-12(15)13(8-10)17(19)20/h6-9,11H,2-5H2,1H3,(H,16,18)/t9-/m1/s1. The lowest BCUT2D eigenvalue weighted by Gasteiger charge is -2.16. The second-order valence-corrected chi connectivity index (χ2v) is 6.74. The number of carbonyl (C=O) groups is 1. The maximum Gasteiger partial charge on any atom is 0.306 e. The van der Waals surface area contributed by atoms with E-state index in [2.05, 4.69) is 5.32 Å². The first-order valence-electron chi connectivity index (χ1n) is 6.87. The summed E-state index contributed by atoms with van der Waals surface area (Å²) in [5.41, 5.74) is -0.393. The summed E-state index contributed by atoms with van der Waals surface area (Å²) in [6.07, 6.45) is 4.67. The minimum atomic E-state index is -0.911. The number of nitrogens with zero attached hydrogens (tertiary/aromatic N) is 1. The highest BCUT2D eigenvalue weighted by Crippen LogP contribution is 2.32. The summed E-state index contributed by atoms with van der Waals surface area (Å²) in [5, 5.41) is 13.5. The molecule has 0 aromatic heterocycles. The van der Waals surface area contributed by atoms with Gasteiger partial charge in [0.05, 0.1) is 10.2 Å². The van der Waals surface area contributed by atoms with Crippen LogP contribution in [-0.2, 0) is 4.79 Å². The molecule has 1 fully saturated rings. The van der Waals surface area contributed by atoms with Crippen LogP contribution in [0.5, 0.6) is 0 Å². The molecule has 0 bridgehead atoms. The number of rotatable bonds is 5. The van der Waals surface area contributed by atoms with Gasteiger partial charge in [0.2, 0.25) is 11.7 Å². The third kappa shape index (κ3) is 4.17. The van der Waals surface area contributed by atoms with Crippen molar-refractivity contribution in [3.63, 3.8) is 0 Å². The lowest BCUT2D eigenvalue weighted by Crippen LogP contribution is -2.24. The van der Waals surface area contributed by atoms with Gasteiger partial charge < -0.3 is 5.32 Å². The Kier molecular flexibility index (Phi) is 5.17. The van der Waals surface area contributed by atoms with Crippen LogP contribution < -0.4 is 5.32 Å². The van der Waals surface area contributed by atoms with E-state index in [9.17, 15) is 19.3 Å². The van der Waals surface area contributed by atoms with Gasteiger partial charge in [-0.15, -0.1) is 11.8 Å². The highest BCUT2D eigenvalue weighted by atomic mass is 32.2. The summed E-state index contributed by atoms with van der Waals surface area (Å²) in [6.45, 7) is 1.82. The summed E-state index contributed by atoms with van der Waals surface area (Å²) in [6, 6.07) is 3.36. The Morgan fingerprint density at radius 2 is 2.14 bits per heavy atom. The van der Waals surface area contributed by atoms with Crippen LogP contribution in [0.1, 0.15) is 32.6 Å². The normalized spacial score (nSPS) is 16.7. The lowest BCUT2D eigenvalue weighted by molar-refractivity contribution is -0.387. The lowest BCUT2D eigenvalue weighted by atomic mass is 10.2. The molecule has 1 atom stereocenters. The molecule has 0 spiro atoms. The highest BCUT2D eigenvalue weighted by Gasteiger charge is 2.23. The molecule has 1 aromatic carbocycles. The number of nitro groups is 1. The Morgan fingerprint density at radius 3 is 2.76 bits per heavy atom. The monoisotopic (exact) mass is 312 g/mol. The van der Waals surface area contributed by atoms with Gasteiger partial charge in [-0.1, -0.05) is 12.8 Å². The minimum Gasteiger partial charge on any atom is -0.325 e. The highest BCUT2D eigenvalue weighted by molar-refractivity contribution is 8.01. The molecule has 0 unspecified atom stereocenters. The molecular weight excluding hydrogens is 295 g/mol. The van der Waals surface area contributed by atoms with Gasteiger partial charge in [-0.05, 0) is 31.9 Å². The van der Waals surface area contributed by atoms with Crippen molar-refractivity contribution in [2.45, 2.75) is 43.1 Å². The number of anilines is 1. The third-order valence-corrected chi connectivity index (χ3v) is 4.96. The molecule has 1 amide bonds. The Bertz CT molecular complexity index is 547. The first-order valence-corrected chi connectivity index (χ1v) is 7.82. The molecule has 0 saturated heterocycles. The van der Waals surface area contributed by atoms with Gasteiger partial charge in [0.15, 0.2) is 0 Å². The maximum absolute atomic E-state index is 13.2. The quantitative estimate of drug-likeness (QED) is 0.664. The molecule has 21 heavy (non-hydrogen) atoms. The van der Waals surface area contributed by atoms with Crippen molar-refractivity contribution in [2.24, 2.45) is 0 Å². The molecule has 1 aliphatic carbocycles. The number of carbonyl (C=O) groups excluding carboxylic acids is 1. The second kappa shape index (κ2) is 6.89. The summed E-state index contributed by atoms with van der Waals surface area (Å²) in [5.74, 6) is -1.13. The fourth-order valence-corrected chi connectivity index (χ4v) is 3.71. The average Bonchev–Trinajstić information content (AvgIpc) is 2.93. The SMILES string of the molecule is C[C@@H](SC1CCCC1)C(=O)Nc1ccc(F)c([N+](=O)[O-])c1. The zero-order valence-corrected chi connectivity index (χ0v) is 12.5. The Balaban J connectivity index is 1.98. The van der Waals surface area contributed by atoms with Gasteiger partial charge in [0.25, 0.3) is 0 Å². The number of thioether (sulfide) groups is 1. The van der Waals surface area contributed by atoms with Gasteiger partial charge in [-0.3, -0.25) is 14.9 Å². The maximum atomic E-state index is 13.2. The van der Waals surface area contributed by atoms with Crippen LogP contribution in [-0.4, -0.2) is 21.3 Å². The number of benzene rings is 1. The minimum absolute atomic E-state index is 0.215. The van der Waals surface area contributed by atoms with Crippen LogP contribution in [0, 0.1) is 15.9 Å². The van der Waals surface area contributed by atoms with Crippen molar-refractivity contribution in [1.29, 1.82) is 0 Å². The fourth-order valence-electron chi connectivity index (χ4n) is 2.35. The fraction of sp³-hybridized carbons (Fsp3) is 0.500. The summed E-state index contributed by atoms with van der Waals surface area (Å²) in [7, 11) is 0. The first kappa shape index (κ1) is 15.8. The molecule has 1 saturated carbocycles. The van der Waals surface area contributed by atoms with E-state index in [-0.39, 0.29) is 16.8 Å². The van der Waals surface area contributed by atoms with Crippen LogP contribution in [0.15, 0.2) is 18.2 Å². The van der Waals surface area contributed by atoms with E-state index in [1.54, 1.807) is 11.8 Å². The predicted molar refractivity (Wildman–Crippen MR) is 81.0 cm³/mol. The molecule has 7 heteroatoms. The predicted octanol–water partition coefficient (Wildman–Crippen LogP) is 3.74. The molecule has 1 aliphatic rings. The molecule has 0 radical (unpaired) electrons. The van der Waals surface area contributed by atoms with Crippen LogP contribution in [0.4, 0.5) is 15.8 Å². The number of amides is 1. The van der Waals surface area contributed by atoms with Crippen molar-refractivity contribution < 1.29 is 14.1 Å². The van der Waals surface area contributed by atoms with E-state index in [4.69, 9.17) is 0 Å². The molecule has 0 aliphatic heterocycles. The first-order chi connectivity index (χ1) is 9.97. The molecular formula is C14H17FN2O3S. The zero-order valence-electron chi connectivity index (χ0n) is 11.7. The van der Waals surface area contributed by atoms with E-state index in [0.717, 1.165) is 25.0 Å². The molecule has 1 aromatic rings. The smallest absolute Gasteiger partial charge is 0.306 e. The summed E-state index contributed by atoms with van der Waals surface area (Å²) < 4.78 is 13.2. The van der Waals surface area contributed by atoms with Crippen molar-refractivity contribution >= 4 is 29.0 Å². The Morgan fingerprint density at radius 1 is 1.48 bits per heavy atom. The average molecular weight is 312 g/mol. The molecule has 1 N–H and O–H groups in total. The molecule has 2 rings (SSSR count). The Labute approximate surface area is 126 Å². The Hall–Kier alpha value is -1.63. The largest absolute Gasteiger partial charge is 0.325 e. The number of hydrogen-bond donors (Lipinski definition) is 1. The molecule has 114 valence electrons. The van der Waals surface area contributed by atoms with Gasteiger partial charge in [0, 0.05) is 17.0 Å². The zero-order chi connectivity index (χ0) is 15.4. The van der Waals surface area contributed by atoms with Crippen LogP contribution in [0.2, 0.25) is 0 Å². The van der Waals surface area contributed by atoms with E-state index in [1.807, 2.05) is 6.92 Å². The van der Waals surface area contributed by atoms with Crippen molar-refractivity contribution in [1.82, 2.24) is 0 Å². The van der Waals surface area contributed by atoms with Gasteiger partial charge >= 0.3 is 5.69 Å². The number of nitro benzene ring substituents is 1. The number of nitrogens with one attached hydrogen (secondary N) is 1. The summed E-state index contributed by atoms with van der Waals surface area (Å²) >= 11 is 1.63. The van der Waals surface area contributed by atoms with Crippen LogP contribution in [0.25, 0.3) is 0 Å². The van der Waals surface area contributed by atoms with Crippen molar-refractivity contribution in [3.8, 4) is 0 Å². The number of halogens is 1. The van der Waals surface area contributed by atoms with E-state index in [1.165, 1.54) is 18.9 Å². The van der Waals surface area contributed by atoms with Crippen molar-refractivity contribution in [2.75, 3.05) is 5.32 Å². The molecule has 0 heterocycles. The summed E-state index contributed by atoms with van der Waals surface area (Å²) in [4.78, 5) is 21.9. The van der Waals surface area contributed by atoms with Crippen LogP contribution >= 0.6 is 11.8 Å². The third-order valence-electron chi connectivity index (χ3n) is 3.48. The topological polar surface area (TPSA) is 72.2 Å². The van der Waals surface area contributed by atoms with Gasteiger partial charge in [-0.2, -0.15) is 4.39 Å². The van der Waals surface area contributed by atoms with Crippen LogP contribution in [0.3, 0.4) is 0 Å². The van der Waals surface area contributed by atoms with E-state index in [0.29, 0.717) is 5.25 Å². The van der Waals surface area contributed by atoms with Gasteiger partial charge in [0.1, 0.15) is 0 Å².